The van der Waals surface area contributed by atoms with E-state index in [9.17, 15) is 12.8 Å². The van der Waals surface area contributed by atoms with Crippen LogP contribution in [0.3, 0.4) is 0 Å². The van der Waals surface area contributed by atoms with Crippen LogP contribution in [0.5, 0.6) is 0 Å². The summed E-state index contributed by atoms with van der Waals surface area (Å²) in [5.41, 5.74) is 1.76. The maximum absolute atomic E-state index is 13.5. The second-order valence-electron chi connectivity index (χ2n) is 4.43. The van der Waals surface area contributed by atoms with Crippen LogP contribution in [0.15, 0.2) is 32.3 Å². The van der Waals surface area contributed by atoms with Crippen molar-refractivity contribution in [2.75, 3.05) is 0 Å². The summed E-state index contributed by atoms with van der Waals surface area (Å²) in [4.78, 5) is 0. The van der Waals surface area contributed by atoms with Gasteiger partial charge in [-0.2, -0.15) is 0 Å². The van der Waals surface area contributed by atoms with Gasteiger partial charge in [-0.3, -0.25) is 0 Å². The smallest absolute Gasteiger partial charge is 0.206 e. The molecule has 0 saturated heterocycles. The second-order valence-corrected chi connectivity index (χ2v) is 8.88. The van der Waals surface area contributed by atoms with Crippen molar-refractivity contribution >= 4 is 37.3 Å². The molecule has 0 saturated carbocycles. The summed E-state index contributed by atoms with van der Waals surface area (Å²) in [6.45, 7) is 3.47. The van der Waals surface area contributed by atoms with Crippen LogP contribution in [0.4, 0.5) is 4.39 Å². The fraction of sp³-hybridized carbons (Fsp3) is 0.231. The van der Waals surface area contributed by atoms with Crippen LogP contribution in [0.1, 0.15) is 16.7 Å². The van der Waals surface area contributed by atoms with E-state index in [-0.39, 0.29) is 16.6 Å². The van der Waals surface area contributed by atoms with Crippen LogP contribution >= 0.6 is 27.3 Å². The molecular formula is C13H13BrFNO2S2. The van der Waals surface area contributed by atoms with Gasteiger partial charge in [0.25, 0.3) is 0 Å². The van der Waals surface area contributed by atoms with Crippen LogP contribution in [-0.4, -0.2) is 8.42 Å². The Hall–Kier alpha value is -0.760. The summed E-state index contributed by atoms with van der Waals surface area (Å²) < 4.78 is 41.2. The molecule has 2 rings (SSSR count). The molecule has 0 aliphatic rings. The first-order chi connectivity index (χ1) is 9.29. The SMILES string of the molecule is Cc1cc(CNS(=O)(=O)c2ccc(Br)s2)cc(C)c1F. The van der Waals surface area contributed by atoms with E-state index in [1.54, 1.807) is 32.0 Å². The Morgan fingerprint density at radius 3 is 2.35 bits per heavy atom. The van der Waals surface area contributed by atoms with Gasteiger partial charge in [0.1, 0.15) is 10.0 Å². The molecule has 3 nitrogen and oxygen atoms in total. The minimum absolute atomic E-state index is 0.139. The summed E-state index contributed by atoms with van der Waals surface area (Å²) >= 11 is 4.38. The lowest BCUT2D eigenvalue weighted by Gasteiger charge is -2.08. The standard InChI is InChI=1S/C13H13BrFNO2S2/c1-8-5-10(6-9(2)13(8)15)7-16-20(17,18)12-4-3-11(14)19-12/h3-6,16H,7H2,1-2H3. The molecular weight excluding hydrogens is 365 g/mol. The highest BCUT2D eigenvalue weighted by molar-refractivity contribution is 9.11. The fourth-order valence-corrected chi connectivity index (χ4v) is 4.90. The summed E-state index contributed by atoms with van der Waals surface area (Å²) in [7, 11) is -3.53. The van der Waals surface area contributed by atoms with Crippen molar-refractivity contribution in [1.29, 1.82) is 0 Å². The molecule has 1 N–H and O–H groups in total. The van der Waals surface area contributed by atoms with Crippen LogP contribution in [0, 0.1) is 19.7 Å². The molecule has 0 aliphatic carbocycles. The number of rotatable bonds is 4. The molecule has 1 aromatic carbocycles. The van der Waals surface area contributed by atoms with Crippen LogP contribution < -0.4 is 4.72 Å². The maximum Gasteiger partial charge on any atom is 0.250 e. The fourth-order valence-electron chi connectivity index (χ4n) is 1.83. The molecule has 7 heteroatoms. The van der Waals surface area contributed by atoms with Gasteiger partial charge in [0.15, 0.2) is 0 Å². The number of aryl methyl sites for hydroxylation is 2. The lowest BCUT2D eigenvalue weighted by molar-refractivity contribution is 0.583. The number of hydrogen-bond donors (Lipinski definition) is 1. The first-order valence-corrected chi connectivity index (χ1v) is 8.89. The normalized spacial score (nSPS) is 11.8. The second kappa shape index (κ2) is 5.93. The molecule has 0 aliphatic heterocycles. The predicted molar refractivity (Wildman–Crippen MR) is 81.9 cm³/mol. The third-order valence-corrected chi connectivity index (χ3v) is 6.29. The number of sulfonamides is 1. The lowest BCUT2D eigenvalue weighted by atomic mass is 10.1. The van der Waals surface area contributed by atoms with Gasteiger partial charge in [0.05, 0.1) is 3.79 Å². The van der Waals surface area contributed by atoms with Crippen molar-refractivity contribution in [3.63, 3.8) is 0 Å². The molecule has 20 heavy (non-hydrogen) atoms. The minimum Gasteiger partial charge on any atom is -0.206 e. The summed E-state index contributed by atoms with van der Waals surface area (Å²) in [5, 5.41) is 0. The zero-order valence-electron chi connectivity index (χ0n) is 10.9. The molecule has 0 amide bonds. The zero-order valence-corrected chi connectivity index (χ0v) is 14.1. The van der Waals surface area contributed by atoms with Gasteiger partial charge >= 0.3 is 0 Å². The van der Waals surface area contributed by atoms with E-state index in [1.807, 2.05) is 0 Å². The highest BCUT2D eigenvalue weighted by Gasteiger charge is 2.16. The topological polar surface area (TPSA) is 46.2 Å². The average molecular weight is 378 g/mol. The Kier molecular flexibility index (Phi) is 4.63. The third kappa shape index (κ3) is 3.46. The Labute approximate surface area is 130 Å². The van der Waals surface area contributed by atoms with Gasteiger partial charge in [-0.05, 0) is 58.6 Å². The molecule has 0 spiro atoms. The zero-order chi connectivity index (χ0) is 14.9. The molecule has 0 fully saturated rings. The van der Waals surface area contributed by atoms with E-state index in [0.29, 0.717) is 11.1 Å². The van der Waals surface area contributed by atoms with E-state index in [2.05, 4.69) is 20.7 Å². The van der Waals surface area contributed by atoms with E-state index >= 15 is 0 Å². The van der Waals surface area contributed by atoms with E-state index < -0.39 is 10.0 Å². The van der Waals surface area contributed by atoms with Crippen molar-refractivity contribution in [2.24, 2.45) is 0 Å². The third-order valence-electron chi connectivity index (χ3n) is 2.78. The maximum atomic E-state index is 13.5. The van der Waals surface area contributed by atoms with E-state index in [4.69, 9.17) is 0 Å². The van der Waals surface area contributed by atoms with Gasteiger partial charge in [0, 0.05) is 6.54 Å². The Morgan fingerprint density at radius 1 is 1.25 bits per heavy atom. The van der Waals surface area contributed by atoms with Gasteiger partial charge in [-0.1, -0.05) is 12.1 Å². The van der Waals surface area contributed by atoms with Crippen molar-refractivity contribution in [1.82, 2.24) is 4.72 Å². The first kappa shape index (κ1) is 15.6. The monoisotopic (exact) mass is 377 g/mol. The summed E-state index contributed by atoms with van der Waals surface area (Å²) in [6, 6.07) is 6.52. The number of nitrogens with one attached hydrogen (secondary N) is 1. The average Bonchev–Trinajstić information content (AvgIpc) is 2.81. The highest BCUT2D eigenvalue weighted by atomic mass is 79.9. The van der Waals surface area contributed by atoms with Gasteiger partial charge in [-0.25, -0.2) is 17.5 Å². The number of halogens is 2. The predicted octanol–water partition coefficient (Wildman–Crippen LogP) is 3.75. The highest BCUT2D eigenvalue weighted by Crippen LogP contribution is 2.26. The molecule has 0 unspecified atom stereocenters. The quantitative estimate of drug-likeness (QED) is 0.881. The van der Waals surface area contributed by atoms with Crippen molar-refractivity contribution in [3.05, 3.63) is 50.6 Å². The van der Waals surface area contributed by atoms with Gasteiger partial charge in [0.2, 0.25) is 10.0 Å². The van der Waals surface area contributed by atoms with Crippen LogP contribution in [0.2, 0.25) is 0 Å². The number of hydrogen-bond acceptors (Lipinski definition) is 3. The lowest BCUT2D eigenvalue weighted by Crippen LogP contribution is -2.22. The summed E-state index contributed by atoms with van der Waals surface area (Å²) in [5.74, 6) is -0.251. The minimum atomic E-state index is -3.53. The number of benzene rings is 1. The van der Waals surface area contributed by atoms with Gasteiger partial charge < -0.3 is 0 Å². The summed E-state index contributed by atoms with van der Waals surface area (Å²) in [6.07, 6.45) is 0. The first-order valence-electron chi connectivity index (χ1n) is 5.80. The number of thiophene rings is 1. The van der Waals surface area contributed by atoms with Crippen LogP contribution in [-0.2, 0) is 16.6 Å². The molecule has 2 aromatic rings. The molecule has 0 radical (unpaired) electrons. The van der Waals surface area contributed by atoms with Crippen molar-refractivity contribution < 1.29 is 12.8 Å². The Morgan fingerprint density at radius 2 is 1.85 bits per heavy atom. The Balaban J connectivity index is 2.16. The van der Waals surface area contributed by atoms with Crippen molar-refractivity contribution in [2.45, 2.75) is 24.6 Å². The molecule has 1 heterocycles. The van der Waals surface area contributed by atoms with Gasteiger partial charge in [-0.15, -0.1) is 11.3 Å². The van der Waals surface area contributed by atoms with E-state index in [1.165, 1.54) is 6.07 Å². The molecule has 108 valence electrons. The molecule has 0 bridgehead atoms. The van der Waals surface area contributed by atoms with E-state index in [0.717, 1.165) is 20.7 Å². The largest absolute Gasteiger partial charge is 0.250 e. The Bertz CT molecular complexity index is 718. The molecule has 0 atom stereocenters. The van der Waals surface area contributed by atoms with Crippen LogP contribution in [0.25, 0.3) is 0 Å². The molecule has 1 aromatic heterocycles. The van der Waals surface area contributed by atoms with Crippen molar-refractivity contribution in [3.8, 4) is 0 Å².